The SMILES string of the molecule is Cc1ccc(-c2nc3c(ccc4ccccc43)s2)cc1. The van der Waals surface area contributed by atoms with Crippen LogP contribution in [-0.4, -0.2) is 4.98 Å². The Labute approximate surface area is 121 Å². The molecular weight excluding hydrogens is 262 g/mol. The molecule has 0 N–H and O–H groups in total. The van der Waals surface area contributed by atoms with E-state index >= 15 is 0 Å². The molecule has 0 bridgehead atoms. The first kappa shape index (κ1) is 11.6. The summed E-state index contributed by atoms with van der Waals surface area (Å²) in [4.78, 5) is 4.86. The zero-order valence-corrected chi connectivity index (χ0v) is 11.9. The molecular formula is C18H13NS. The summed E-state index contributed by atoms with van der Waals surface area (Å²) in [7, 11) is 0. The van der Waals surface area contributed by atoms with Crippen LogP contribution in [-0.2, 0) is 0 Å². The van der Waals surface area contributed by atoms with Gasteiger partial charge in [-0.25, -0.2) is 4.98 Å². The predicted octanol–water partition coefficient (Wildman–Crippen LogP) is 5.42. The lowest BCUT2D eigenvalue weighted by atomic mass is 10.1. The van der Waals surface area contributed by atoms with E-state index in [2.05, 4.69) is 67.6 Å². The van der Waals surface area contributed by atoms with Gasteiger partial charge in [0.15, 0.2) is 0 Å². The van der Waals surface area contributed by atoms with Crippen molar-refractivity contribution in [1.29, 1.82) is 0 Å². The van der Waals surface area contributed by atoms with Gasteiger partial charge in [-0.2, -0.15) is 0 Å². The van der Waals surface area contributed by atoms with Crippen LogP contribution in [0.25, 0.3) is 31.6 Å². The van der Waals surface area contributed by atoms with Crippen molar-refractivity contribution in [2.45, 2.75) is 6.92 Å². The van der Waals surface area contributed by atoms with Crippen LogP contribution in [0.1, 0.15) is 5.56 Å². The zero-order chi connectivity index (χ0) is 13.5. The third kappa shape index (κ3) is 1.81. The topological polar surface area (TPSA) is 12.9 Å². The van der Waals surface area contributed by atoms with E-state index in [1.54, 1.807) is 11.3 Å². The number of benzene rings is 3. The molecule has 0 saturated heterocycles. The monoisotopic (exact) mass is 275 g/mol. The molecule has 0 amide bonds. The first-order valence-corrected chi connectivity index (χ1v) is 7.48. The van der Waals surface area contributed by atoms with Crippen molar-refractivity contribution in [3.8, 4) is 10.6 Å². The molecule has 0 aliphatic rings. The third-order valence-corrected chi connectivity index (χ3v) is 4.65. The molecule has 0 unspecified atom stereocenters. The lowest BCUT2D eigenvalue weighted by Gasteiger charge is -1.97. The largest absolute Gasteiger partial charge is 0.235 e. The highest BCUT2D eigenvalue weighted by atomic mass is 32.1. The van der Waals surface area contributed by atoms with Gasteiger partial charge in [0.2, 0.25) is 0 Å². The zero-order valence-electron chi connectivity index (χ0n) is 11.1. The smallest absolute Gasteiger partial charge is 0.124 e. The Morgan fingerprint density at radius 2 is 1.65 bits per heavy atom. The summed E-state index contributed by atoms with van der Waals surface area (Å²) in [5.41, 5.74) is 3.59. The molecule has 0 radical (unpaired) electrons. The molecule has 0 fully saturated rings. The lowest BCUT2D eigenvalue weighted by Crippen LogP contribution is -1.78. The van der Waals surface area contributed by atoms with Gasteiger partial charge >= 0.3 is 0 Å². The first-order chi connectivity index (χ1) is 9.81. The van der Waals surface area contributed by atoms with Gasteiger partial charge in [-0.1, -0.05) is 60.2 Å². The molecule has 96 valence electrons. The summed E-state index contributed by atoms with van der Waals surface area (Å²) in [6, 6.07) is 21.4. The van der Waals surface area contributed by atoms with Gasteiger partial charge in [-0.3, -0.25) is 0 Å². The normalized spacial score (nSPS) is 11.2. The maximum atomic E-state index is 4.86. The molecule has 0 aliphatic heterocycles. The summed E-state index contributed by atoms with van der Waals surface area (Å²) < 4.78 is 1.25. The summed E-state index contributed by atoms with van der Waals surface area (Å²) >= 11 is 1.76. The number of hydrogen-bond donors (Lipinski definition) is 0. The second kappa shape index (κ2) is 4.43. The number of aryl methyl sites for hydroxylation is 1. The molecule has 0 saturated carbocycles. The number of fused-ring (bicyclic) bond motifs is 3. The van der Waals surface area contributed by atoms with Gasteiger partial charge in [0.25, 0.3) is 0 Å². The molecule has 4 rings (SSSR count). The van der Waals surface area contributed by atoms with Gasteiger partial charge in [0, 0.05) is 10.9 Å². The van der Waals surface area contributed by atoms with Gasteiger partial charge < -0.3 is 0 Å². The number of thiazole rings is 1. The van der Waals surface area contributed by atoms with E-state index in [4.69, 9.17) is 4.98 Å². The van der Waals surface area contributed by atoms with E-state index < -0.39 is 0 Å². The van der Waals surface area contributed by atoms with Crippen LogP contribution in [0, 0.1) is 6.92 Å². The second-order valence-corrected chi connectivity index (χ2v) is 6.05. The lowest BCUT2D eigenvalue weighted by molar-refractivity contribution is 1.44. The van der Waals surface area contributed by atoms with Crippen molar-refractivity contribution in [1.82, 2.24) is 4.98 Å². The maximum Gasteiger partial charge on any atom is 0.124 e. The van der Waals surface area contributed by atoms with Crippen LogP contribution in [0.5, 0.6) is 0 Å². The van der Waals surface area contributed by atoms with Crippen LogP contribution >= 0.6 is 11.3 Å². The highest BCUT2D eigenvalue weighted by molar-refractivity contribution is 7.21. The number of hydrogen-bond acceptors (Lipinski definition) is 2. The quantitative estimate of drug-likeness (QED) is 0.451. The van der Waals surface area contributed by atoms with Gasteiger partial charge in [-0.15, -0.1) is 11.3 Å². The minimum absolute atomic E-state index is 1.09. The van der Waals surface area contributed by atoms with Crippen molar-refractivity contribution < 1.29 is 0 Å². The van der Waals surface area contributed by atoms with E-state index in [1.807, 2.05) is 0 Å². The highest BCUT2D eigenvalue weighted by Gasteiger charge is 2.08. The van der Waals surface area contributed by atoms with Crippen molar-refractivity contribution in [2.24, 2.45) is 0 Å². The highest BCUT2D eigenvalue weighted by Crippen LogP contribution is 2.34. The second-order valence-electron chi connectivity index (χ2n) is 5.02. The van der Waals surface area contributed by atoms with Crippen molar-refractivity contribution >= 4 is 32.3 Å². The van der Waals surface area contributed by atoms with Crippen LogP contribution in [0.15, 0.2) is 60.7 Å². The summed E-state index contributed by atoms with van der Waals surface area (Å²) in [6.07, 6.45) is 0. The van der Waals surface area contributed by atoms with Gasteiger partial charge in [0.1, 0.15) is 5.01 Å². The Hall–Kier alpha value is -2.19. The van der Waals surface area contributed by atoms with E-state index in [9.17, 15) is 0 Å². The van der Waals surface area contributed by atoms with Gasteiger partial charge in [0.05, 0.1) is 10.2 Å². The van der Waals surface area contributed by atoms with Crippen LogP contribution in [0.3, 0.4) is 0 Å². The molecule has 0 atom stereocenters. The number of rotatable bonds is 1. The van der Waals surface area contributed by atoms with Crippen LogP contribution in [0.2, 0.25) is 0 Å². The fraction of sp³-hybridized carbons (Fsp3) is 0.0556. The Balaban J connectivity index is 1.98. The molecule has 0 spiro atoms. The Morgan fingerprint density at radius 1 is 0.850 bits per heavy atom. The predicted molar refractivity (Wildman–Crippen MR) is 87.3 cm³/mol. The maximum absolute atomic E-state index is 4.86. The first-order valence-electron chi connectivity index (χ1n) is 6.66. The average molecular weight is 275 g/mol. The summed E-state index contributed by atoms with van der Waals surface area (Å²) in [5.74, 6) is 0. The third-order valence-electron chi connectivity index (χ3n) is 3.58. The standard InChI is InChI=1S/C18H13NS/c1-12-6-8-14(9-7-12)18-19-17-15-5-3-2-4-13(15)10-11-16(17)20-18/h2-11H,1H3. The van der Waals surface area contributed by atoms with E-state index in [0.29, 0.717) is 0 Å². The van der Waals surface area contributed by atoms with E-state index in [-0.39, 0.29) is 0 Å². The Kier molecular flexibility index (Phi) is 2.57. The summed E-state index contributed by atoms with van der Waals surface area (Å²) in [6.45, 7) is 2.11. The minimum Gasteiger partial charge on any atom is -0.235 e. The van der Waals surface area contributed by atoms with E-state index in [1.165, 1.54) is 26.6 Å². The van der Waals surface area contributed by atoms with Crippen molar-refractivity contribution in [3.63, 3.8) is 0 Å². The molecule has 3 aromatic carbocycles. The Bertz CT molecular complexity index is 904. The molecule has 1 heterocycles. The van der Waals surface area contributed by atoms with Crippen LogP contribution < -0.4 is 0 Å². The molecule has 4 aromatic rings. The Morgan fingerprint density at radius 3 is 2.50 bits per heavy atom. The number of nitrogens with zero attached hydrogens (tertiary/aromatic N) is 1. The fourth-order valence-electron chi connectivity index (χ4n) is 2.48. The molecule has 1 nitrogen and oxygen atoms in total. The fourth-order valence-corrected chi connectivity index (χ4v) is 3.47. The average Bonchev–Trinajstić information content (AvgIpc) is 2.92. The number of aromatic nitrogens is 1. The summed E-state index contributed by atoms with van der Waals surface area (Å²) in [5, 5.41) is 3.58. The van der Waals surface area contributed by atoms with Crippen LogP contribution in [0.4, 0.5) is 0 Å². The van der Waals surface area contributed by atoms with E-state index in [0.717, 1.165) is 10.5 Å². The van der Waals surface area contributed by atoms with Crippen molar-refractivity contribution in [2.75, 3.05) is 0 Å². The molecule has 20 heavy (non-hydrogen) atoms. The molecule has 2 heteroatoms. The van der Waals surface area contributed by atoms with Crippen molar-refractivity contribution in [3.05, 3.63) is 66.2 Å². The van der Waals surface area contributed by atoms with Gasteiger partial charge in [-0.05, 0) is 18.4 Å². The molecule has 0 aliphatic carbocycles. The minimum atomic E-state index is 1.09. The molecule has 1 aromatic heterocycles.